The maximum atomic E-state index is 3.44. The quantitative estimate of drug-likeness (QED) is 0.690. The first kappa shape index (κ1) is 8.52. The summed E-state index contributed by atoms with van der Waals surface area (Å²) in [5.41, 5.74) is 2.93. The molecule has 1 aliphatic carbocycles. The summed E-state index contributed by atoms with van der Waals surface area (Å²) in [6.45, 7) is 2.05. The molecule has 13 heavy (non-hydrogen) atoms. The lowest BCUT2D eigenvalue weighted by molar-refractivity contribution is 0.691. The Kier molecular flexibility index (Phi) is 2.78. The van der Waals surface area contributed by atoms with E-state index in [4.69, 9.17) is 0 Å². The van der Waals surface area contributed by atoms with Crippen LogP contribution in [0.4, 0.5) is 0 Å². The second-order valence-corrected chi connectivity index (χ2v) is 3.49. The Labute approximate surface area is 79.5 Å². The van der Waals surface area contributed by atoms with E-state index in [2.05, 4.69) is 41.7 Å². The van der Waals surface area contributed by atoms with Crippen LogP contribution in [0.3, 0.4) is 0 Å². The Morgan fingerprint density at radius 1 is 1.08 bits per heavy atom. The van der Waals surface area contributed by atoms with E-state index in [-0.39, 0.29) is 0 Å². The fraction of sp³-hybridized carbons (Fsp3) is 0.333. The molecule has 1 N–H and O–H groups in total. The van der Waals surface area contributed by atoms with E-state index in [0.29, 0.717) is 0 Å². The first-order chi connectivity index (χ1) is 6.45. The van der Waals surface area contributed by atoms with Crippen molar-refractivity contribution in [1.82, 2.24) is 5.32 Å². The molecule has 0 unspecified atom stereocenters. The largest absolute Gasteiger partial charge is 0.309 e. The molecule has 0 heterocycles. The van der Waals surface area contributed by atoms with Gasteiger partial charge in [0.25, 0.3) is 0 Å². The lowest BCUT2D eigenvalue weighted by atomic mass is 9.99. The molecule has 0 aromatic heterocycles. The van der Waals surface area contributed by atoms with Gasteiger partial charge in [-0.25, -0.2) is 0 Å². The molecule has 68 valence electrons. The molecule has 0 radical (unpaired) electrons. The number of hydrogen-bond acceptors (Lipinski definition) is 1. The number of nitrogens with one attached hydrogen (secondary N) is 1. The summed E-state index contributed by atoms with van der Waals surface area (Å²) in [7, 11) is 0. The van der Waals surface area contributed by atoms with Gasteiger partial charge in [0, 0.05) is 13.1 Å². The Morgan fingerprint density at radius 2 is 1.85 bits per heavy atom. The van der Waals surface area contributed by atoms with Gasteiger partial charge in [0.2, 0.25) is 0 Å². The molecule has 0 saturated carbocycles. The first-order valence-electron chi connectivity index (χ1n) is 4.88. The van der Waals surface area contributed by atoms with Crippen LogP contribution in [0.25, 0.3) is 0 Å². The predicted octanol–water partition coefficient (Wildman–Crippen LogP) is 2.50. The number of hydrogen-bond donors (Lipinski definition) is 1. The van der Waals surface area contributed by atoms with E-state index in [0.717, 1.165) is 13.1 Å². The summed E-state index contributed by atoms with van der Waals surface area (Å²) >= 11 is 0. The average Bonchev–Trinajstić information content (AvgIpc) is 2.11. The smallest absolute Gasteiger partial charge is 0.0208 e. The van der Waals surface area contributed by atoms with E-state index in [9.17, 15) is 0 Å². The van der Waals surface area contributed by atoms with Crippen LogP contribution in [-0.2, 0) is 6.54 Å². The van der Waals surface area contributed by atoms with Gasteiger partial charge < -0.3 is 5.32 Å². The molecule has 1 nitrogen and oxygen atoms in total. The molecule has 0 amide bonds. The van der Waals surface area contributed by atoms with Crippen LogP contribution in [-0.4, -0.2) is 6.54 Å². The Morgan fingerprint density at radius 3 is 2.46 bits per heavy atom. The fourth-order valence-electron chi connectivity index (χ4n) is 1.47. The highest BCUT2D eigenvalue weighted by Crippen LogP contribution is 2.16. The summed E-state index contributed by atoms with van der Waals surface area (Å²) in [5.74, 6) is 0. The monoisotopic (exact) mass is 173 g/mol. The Bertz CT molecular complexity index is 287. The lowest BCUT2D eigenvalue weighted by Crippen LogP contribution is -2.18. The molecule has 0 saturated heterocycles. The van der Waals surface area contributed by atoms with Crippen molar-refractivity contribution in [3.8, 4) is 0 Å². The van der Waals surface area contributed by atoms with Crippen LogP contribution in [0.15, 0.2) is 42.0 Å². The fourth-order valence-corrected chi connectivity index (χ4v) is 1.47. The molecule has 1 aliphatic rings. The molecule has 0 aliphatic heterocycles. The van der Waals surface area contributed by atoms with E-state index < -0.39 is 0 Å². The van der Waals surface area contributed by atoms with Crippen LogP contribution in [0.5, 0.6) is 0 Å². The van der Waals surface area contributed by atoms with Crippen molar-refractivity contribution >= 4 is 0 Å². The summed E-state index contributed by atoms with van der Waals surface area (Å²) < 4.78 is 0. The SMILES string of the molecule is C1=C(CNCc2ccccc2)CC1. The van der Waals surface area contributed by atoms with Crippen molar-refractivity contribution < 1.29 is 0 Å². The predicted molar refractivity (Wildman–Crippen MR) is 55.5 cm³/mol. The molecular formula is C12H15N. The maximum absolute atomic E-state index is 3.44. The van der Waals surface area contributed by atoms with Gasteiger partial charge in [-0.1, -0.05) is 42.0 Å². The Hall–Kier alpha value is -1.08. The standard InChI is InChI=1S/C12H15N/c1-2-5-11(6-3-1)9-13-10-12-7-4-8-12/h1-3,5-7,13H,4,8-10H2. The average molecular weight is 173 g/mol. The molecule has 0 spiro atoms. The minimum Gasteiger partial charge on any atom is -0.309 e. The zero-order valence-electron chi connectivity index (χ0n) is 7.79. The van der Waals surface area contributed by atoms with Gasteiger partial charge in [-0.05, 0) is 18.4 Å². The van der Waals surface area contributed by atoms with Crippen molar-refractivity contribution in [1.29, 1.82) is 0 Å². The van der Waals surface area contributed by atoms with Gasteiger partial charge in [-0.15, -0.1) is 0 Å². The summed E-state index contributed by atoms with van der Waals surface area (Å²) in [4.78, 5) is 0. The van der Waals surface area contributed by atoms with E-state index in [1.165, 1.54) is 18.4 Å². The summed E-state index contributed by atoms with van der Waals surface area (Å²) in [6, 6.07) is 10.5. The van der Waals surface area contributed by atoms with Gasteiger partial charge in [0.05, 0.1) is 0 Å². The molecular weight excluding hydrogens is 158 g/mol. The van der Waals surface area contributed by atoms with Crippen molar-refractivity contribution in [2.75, 3.05) is 6.54 Å². The van der Waals surface area contributed by atoms with Crippen molar-refractivity contribution in [3.63, 3.8) is 0 Å². The van der Waals surface area contributed by atoms with Crippen molar-refractivity contribution in [2.24, 2.45) is 0 Å². The number of benzene rings is 1. The van der Waals surface area contributed by atoms with Gasteiger partial charge in [-0.2, -0.15) is 0 Å². The summed E-state index contributed by atoms with van der Waals surface area (Å²) in [6.07, 6.45) is 4.89. The zero-order chi connectivity index (χ0) is 8.93. The molecule has 0 atom stereocenters. The Balaban J connectivity index is 1.73. The molecule has 2 rings (SSSR count). The third-order valence-electron chi connectivity index (χ3n) is 2.42. The molecule has 0 bridgehead atoms. The highest BCUT2D eigenvalue weighted by atomic mass is 14.8. The van der Waals surface area contributed by atoms with Crippen LogP contribution in [0.1, 0.15) is 18.4 Å². The van der Waals surface area contributed by atoms with E-state index in [1.807, 2.05) is 0 Å². The van der Waals surface area contributed by atoms with Crippen LogP contribution < -0.4 is 5.32 Å². The van der Waals surface area contributed by atoms with E-state index >= 15 is 0 Å². The third kappa shape index (κ3) is 2.43. The minimum atomic E-state index is 0.984. The number of rotatable bonds is 4. The van der Waals surface area contributed by atoms with Gasteiger partial charge >= 0.3 is 0 Å². The van der Waals surface area contributed by atoms with Gasteiger partial charge in [-0.3, -0.25) is 0 Å². The van der Waals surface area contributed by atoms with Crippen molar-refractivity contribution in [3.05, 3.63) is 47.5 Å². The molecule has 0 fully saturated rings. The highest BCUT2D eigenvalue weighted by Gasteiger charge is 2.03. The van der Waals surface area contributed by atoms with Crippen LogP contribution in [0.2, 0.25) is 0 Å². The molecule has 1 aromatic carbocycles. The lowest BCUT2D eigenvalue weighted by Gasteiger charge is -2.14. The normalized spacial score (nSPS) is 14.9. The molecule has 1 heteroatoms. The number of allylic oxidation sites excluding steroid dienone is 1. The molecule has 1 aromatic rings. The van der Waals surface area contributed by atoms with Crippen LogP contribution >= 0.6 is 0 Å². The van der Waals surface area contributed by atoms with E-state index in [1.54, 1.807) is 5.57 Å². The minimum absolute atomic E-state index is 0.984. The van der Waals surface area contributed by atoms with Crippen molar-refractivity contribution in [2.45, 2.75) is 19.4 Å². The zero-order valence-corrected chi connectivity index (χ0v) is 7.79. The maximum Gasteiger partial charge on any atom is 0.0208 e. The highest BCUT2D eigenvalue weighted by molar-refractivity contribution is 5.16. The van der Waals surface area contributed by atoms with Gasteiger partial charge in [0.15, 0.2) is 0 Å². The summed E-state index contributed by atoms with van der Waals surface area (Å²) in [5, 5.41) is 3.44. The topological polar surface area (TPSA) is 12.0 Å². The second-order valence-electron chi connectivity index (χ2n) is 3.49. The third-order valence-corrected chi connectivity index (χ3v) is 2.42. The first-order valence-corrected chi connectivity index (χ1v) is 4.88. The second kappa shape index (κ2) is 4.24. The van der Waals surface area contributed by atoms with Crippen LogP contribution in [0, 0.1) is 0 Å². The van der Waals surface area contributed by atoms with Gasteiger partial charge in [0.1, 0.15) is 0 Å².